The molecule has 0 aromatic carbocycles. The Hall–Kier alpha value is -1.31. The van der Waals surface area contributed by atoms with Gasteiger partial charge in [0.05, 0.1) is 4.92 Å². The highest BCUT2D eigenvalue weighted by Crippen LogP contribution is 2.38. The molecule has 1 rings (SSSR count). The number of hydrogen-bond donors (Lipinski definition) is 1. The molecule has 0 atom stereocenters. The van der Waals surface area contributed by atoms with E-state index in [1.165, 1.54) is 0 Å². The molecule has 0 bridgehead atoms. The summed E-state index contributed by atoms with van der Waals surface area (Å²) in [5, 5.41) is 19.4. The van der Waals surface area contributed by atoms with Gasteiger partial charge in [-0.3, -0.25) is 10.1 Å². The molecule has 1 heterocycles. The summed E-state index contributed by atoms with van der Waals surface area (Å²) in [6.45, 7) is 0. The van der Waals surface area contributed by atoms with Crippen molar-refractivity contribution in [1.29, 1.82) is 0 Å². The molecule has 0 spiro atoms. The van der Waals surface area contributed by atoms with E-state index in [1.54, 1.807) is 0 Å². The van der Waals surface area contributed by atoms with E-state index in [0.29, 0.717) is 6.20 Å². The van der Waals surface area contributed by atoms with Gasteiger partial charge in [-0.2, -0.15) is 0 Å². The molecule has 0 saturated heterocycles. The highest BCUT2D eigenvalue weighted by molar-refractivity contribution is 9.10. The molecule has 1 aromatic heterocycles. The van der Waals surface area contributed by atoms with Crippen LogP contribution in [0.15, 0.2) is 10.8 Å². The number of nitrogens with zero attached hydrogens (tertiary/aromatic N) is 2. The topological polar surface area (TPSA) is 76.3 Å². The smallest absolute Gasteiger partial charge is 0.300 e. The third-order valence-corrected chi connectivity index (χ3v) is 2.02. The molecule has 5 nitrogen and oxygen atoms in total. The third-order valence-electron chi connectivity index (χ3n) is 1.44. The highest BCUT2D eigenvalue weighted by atomic mass is 79.9. The van der Waals surface area contributed by atoms with E-state index in [9.17, 15) is 18.9 Å². The highest BCUT2D eigenvalue weighted by Gasteiger charge is 2.28. The Morgan fingerprint density at radius 1 is 1.64 bits per heavy atom. The van der Waals surface area contributed by atoms with Crippen molar-refractivity contribution in [3.63, 3.8) is 0 Å². The molecule has 0 aliphatic heterocycles. The Morgan fingerprint density at radius 3 is 2.64 bits per heavy atom. The van der Waals surface area contributed by atoms with Crippen molar-refractivity contribution in [1.82, 2.24) is 4.98 Å². The van der Waals surface area contributed by atoms with Gasteiger partial charge in [-0.1, -0.05) is 0 Å². The number of rotatable bonds is 2. The van der Waals surface area contributed by atoms with Crippen molar-refractivity contribution in [2.45, 2.75) is 6.43 Å². The molecule has 76 valence electrons. The summed E-state index contributed by atoms with van der Waals surface area (Å²) in [7, 11) is 0. The van der Waals surface area contributed by atoms with Crippen molar-refractivity contribution in [3.8, 4) is 5.75 Å². The van der Waals surface area contributed by atoms with Gasteiger partial charge in [0, 0.05) is 0 Å². The van der Waals surface area contributed by atoms with E-state index < -0.39 is 28.3 Å². The van der Waals surface area contributed by atoms with Crippen LogP contribution < -0.4 is 0 Å². The second kappa shape index (κ2) is 3.82. The van der Waals surface area contributed by atoms with Gasteiger partial charge in [0.1, 0.15) is 16.4 Å². The number of halogens is 3. The zero-order valence-electron chi connectivity index (χ0n) is 6.45. The lowest BCUT2D eigenvalue weighted by atomic mass is 10.2. The summed E-state index contributed by atoms with van der Waals surface area (Å²) in [5.41, 5.74) is -1.93. The number of nitro groups is 1. The van der Waals surface area contributed by atoms with Crippen molar-refractivity contribution in [2.75, 3.05) is 0 Å². The largest absolute Gasteiger partial charge is 0.504 e. The zero-order chi connectivity index (χ0) is 10.9. The van der Waals surface area contributed by atoms with Gasteiger partial charge in [-0.25, -0.2) is 13.8 Å². The van der Waals surface area contributed by atoms with Gasteiger partial charge < -0.3 is 5.11 Å². The van der Waals surface area contributed by atoms with E-state index >= 15 is 0 Å². The van der Waals surface area contributed by atoms with E-state index in [4.69, 9.17) is 5.11 Å². The third kappa shape index (κ3) is 1.79. The Labute approximate surface area is 84.7 Å². The standard InChI is InChI=1S/C6H3BrF2N2O3/c7-5-4(12)3(6(8)9)2(1-10-5)11(13)14/h1,6,12H. The predicted octanol–water partition coefficient (Wildman–Crippen LogP) is 2.40. The first-order valence-electron chi connectivity index (χ1n) is 3.25. The maximum Gasteiger partial charge on any atom is 0.300 e. The zero-order valence-corrected chi connectivity index (χ0v) is 8.03. The first kappa shape index (κ1) is 10.8. The van der Waals surface area contributed by atoms with Crippen LogP contribution in [0.1, 0.15) is 12.0 Å². The molecule has 1 N–H and O–H groups in total. The maximum absolute atomic E-state index is 12.3. The van der Waals surface area contributed by atoms with Crippen LogP contribution in [-0.4, -0.2) is 15.0 Å². The first-order valence-corrected chi connectivity index (χ1v) is 4.04. The number of pyridine rings is 1. The first-order chi connectivity index (χ1) is 6.45. The Morgan fingerprint density at radius 2 is 2.21 bits per heavy atom. The monoisotopic (exact) mass is 268 g/mol. The molecule has 0 radical (unpaired) electrons. The van der Waals surface area contributed by atoms with Crippen molar-refractivity contribution in [2.24, 2.45) is 0 Å². The summed E-state index contributed by atoms with van der Waals surface area (Å²) < 4.78 is 24.4. The van der Waals surface area contributed by atoms with E-state index in [1.807, 2.05) is 0 Å². The lowest BCUT2D eigenvalue weighted by molar-refractivity contribution is -0.386. The number of aromatic hydroxyl groups is 1. The molecule has 1 aromatic rings. The van der Waals surface area contributed by atoms with Gasteiger partial charge in [0.25, 0.3) is 12.1 Å². The average molecular weight is 269 g/mol. The molecule has 0 aliphatic carbocycles. The van der Waals surface area contributed by atoms with Gasteiger partial charge in [-0.15, -0.1) is 0 Å². The van der Waals surface area contributed by atoms with Crippen LogP contribution in [0.4, 0.5) is 14.5 Å². The lowest BCUT2D eigenvalue weighted by Crippen LogP contribution is -1.98. The summed E-state index contributed by atoms with van der Waals surface area (Å²) in [5.74, 6) is -0.908. The van der Waals surface area contributed by atoms with Gasteiger partial charge in [0.15, 0.2) is 5.75 Å². The van der Waals surface area contributed by atoms with Crippen molar-refractivity contribution in [3.05, 3.63) is 26.5 Å². The fraction of sp³-hybridized carbons (Fsp3) is 0.167. The van der Waals surface area contributed by atoms with Crippen LogP contribution in [0, 0.1) is 10.1 Å². The fourth-order valence-corrected chi connectivity index (χ4v) is 1.16. The molecule has 8 heteroatoms. The summed E-state index contributed by atoms with van der Waals surface area (Å²) in [6.07, 6.45) is -2.47. The summed E-state index contributed by atoms with van der Waals surface area (Å²) >= 11 is 2.68. The number of alkyl halides is 2. The second-order valence-corrected chi connectivity index (χ2v) is 3.01. The van der Waals surface area contributed by atoms with Crippen molar-refractivity contribution >= 4 is 21.6 Å². The number of hydrogen-bond acceptors (Lipinski definition) is 4. The maximum atomic E-state index is 12.3. The van der Waals surface area contributed by atoms with E-state index in [0.717, 1.165) is 0 Å². The number of aromatic nitrogens is 1. The van der Waals surface area contributed by atoms with Gasteiger partial charge in [-0.05, 0) is 15.9 Å². The summed E-state index contributed by atoms with van der Waals surface area (Å²) in [6, 6.07) is 0. The van der Waals surface area contributed by atoms with Crippen LogP contribution in [0.25, 0.3) is 0 Å². The molecular formula is C6H3BrF2N2O3. The molecule has 14 heavy (non-hydrogen) atoms. The Balaban J connectivity index is 3.45. The molecular weight excluding hydrogens is 266 g/mol. The van der Waals surface area contributed by atoms with E-state index in [2.05, 4.69) is 20.9 Å². The Kier molecular flexibility index (Phi) is 2.94. The second-order valence-electron chi connectivity index (χ2n) is 2.25. The molecule has 0 amide bonds. The minimum absolute atomic E-state index is 0.251. The Bertz CT molecular complexity index is 386. The summed E-state index contributed by atoms with van der Waals surface area (Å²) in [4.78, 5) is 12.6. The van der Waals surface area contributed by atoms with Crippen LogP contribution in [0.3, 0.4) is 0 Å². The predicted molar refractivity (Wildman–Crippen MR) is 45.2 cm³/mol. The van der Waals surface area contributed by atoms with Gasteiger partial charge >= 0.3 is 0 Å². The van der Waals surface area contributed by atoms with Crippen LogP contribution >= 0.6 is 15.9 Å². The molecule has 0 aliphatic rings. The van der Waals surface area contributed by atoms with Crippen LogP contribution in [0.2, 0.25) is 0 Å². The normalized spacial score (nSPS) is 10.6. The van der Waals surface area contributed by atoms with Crippen molar-refractivity contribution < 1.29 is 18.8 Å². The lowest BCUT2D eigenvalue weighted by Gasteiger charge is -2.04. The minimum atomic E-state index is -3.13. The molecule has 0 unspecified atom stereocenters. The van der Waals surface area contributed by atoms with Crippen LogP contribution in [-0.2, 0) is 0 Å². The van der Waals surface area contributed by atoms with E-state index in [-0.39, 0.29) is 4.60 Å². The average Bonchev–Trinajstić information content (AvgIpc) is 2.08. The SMILES string of the molecule is O=[N+]([O-])c1cnc(Br)c(O)c1C(F)F. The fourth-order valence-electron chi connectivity index (χ4n) is 0.842. The van der Waals surface area contributed by atoms with Gasteiger partial charge in [0.2, 0.25) is 0 Å². The molecule has 0 saturated carbocycles. The quantitative estimate of drug-likeness (QED) is 0.508. The minimum Gasteiger partial charge on any atom is -0.504 e. The van der Waals surface area contributed by atoms with Crippen LogP contribution in [0.5, 0.6) is 5.75 Å². The molecule has 0 fully saturated rings.